The number of thiol groups is 1. The number of para-hydroxylation sites is 4. The molecule has 0 saturated heterocycles. The van der Waals surface area contributed by atoms with Gasteiger partial charge in [-0.15, -0.1) is 12.6 Å². The zero-order chi connectivity index (χ0) is 26.8. The van der Waals surface area contributed by atoms with Crippen molar-refractivity contribution in [3.05, 3.63) is 82.3 Å². The Morgan fingerprint density at radius 2 is 1.58 bits per heavy atom. The molecule has 2 aromatic carbocycles. The van der Waals surface area contributed by atoms with Crippen molar-refractivity contribution in [1.82, 2.24) is 4.57 Å². The molecule has 5 rings (SSSR count). The Morgan fingerprint density at radius 3 is 2.24 bits per heavy atom. The van der Waals surface area contributed by atoms with Gasteiger partial charge in [0.05, 0.1) is 31.1 Å². The molecule has 0 atom stereocenters. The van der Waals surface area contributed by atoms with Crippen molar-refractivity contribution in [3.63, 3.8) is 0 Å². The van der Waals surface area contributed by atoms with Crippen molar-refractivity contribution in [2.24, 2.45) is 0 Å². The zero-order valence-corrected chi connectivity index (χ0v) is 23.4. The number of benzene rings is 2. The number of allylic oxidation sites excluding steroid dienone is 3. The SMILES string of the molecule is CCN1/C(=C/C2=C(S)C(=C\c3n(CC)c4ccccc4[n+]3CCOC)/C2=O)N(CCOC)c2ccccc21. The number of hydrogen-bond donors (Lipinski definition) is 1. The van der Waals surface area contributed by atoms with Gasteiger partial charge in [-0.05, 0) is 44.2 Å². The van der Waals surface area contributed by atoms with Crippen LogP contribution < -0.4 is 14.4 Å². The topological polar surface area (TPSA) is 50.8 Å². The smallest absolute Gasteiger partial charge is 0.283 e. The first kappa shape index (κ1) is 26.3. The van der Waals surface area contributed by atoms with Gasteiger partial charge in [0.2, 0.25) is 0 Å². The quantitative estimate of drug-likeness (QED) is 0.236. The maximum absolute atomic E-state index is 13.6. The van der Waals surface area contributed by atoms with Crippen LogP contribution in [0.2, 0.25) is 0 Å². The van der Waals surface area contributed by atoms with Crippen molar-refractivity contribution < 1.29 is 18.8 Å². The summed E-state index contributed by atoms with van der Waals surface area (Å²) in [5.74, 6) is 1.95. The minimum Gasteiger partial charge on any atom is -0.383 e. The number of fused-ring (bicyclic) bond motifs is 2. The average Bonchev–Trinajstić information content (AvgIpc) is 3.42. The Balaban J connectivity index is 1.58. The lowest BCUT2D eigenvalue weighted by Crippen LogP contribution is -2.39. The molecule has 3 aromatic rings. The number of carbonyl (C=O) groups excluding carboxylic acids is 1. The number of rotatable bonds is 10. The van der Waals surface area contributed by atoms with Crippen LogP contribution in [-0.2, 0) is 27.4 Å². The minimum absolute atomic E-state index is 0.00685. The number of aryl methyl sites for hydroxylation is 1. The highest BCUT2D eigenvalue weighted by atomic mass is 32.1. The summed E-state index contributed by atoms with van der Waals surface area (Å²) in [6.07, 6.45) is 3.96. The minimum atomic E-state index is 0.00685. The molecule has 0 spiro atoms. The summed E-state index contributed by atoms with van der Waals surface area (Å²) in [7, 11) is 3.41. The zero-order valence-electron chi connectivity index (χ0n) is 22.5. The van der Waals surface area contributed by atoms with E-state index in [1.54, 1.807) is 14.2 Å². The summed E-state index contributed by atoms with van der Waals surface area (Å²) in [5, 5.41) is 0. The third-order valence-electron chi connectivity index (χ3n) is 7.25. The fraction of sp³-hybridized carbons (Fsp3) is 0.333. The van der Waals surface area contributed by atoms with E-state index in [0.717, 1.165) is 47.1 Å². The predicted molar refractivity (Wildman–Crippen MR) is 155 cm³/mol. The van der Waals surface area contributed by atoms with E-state index in [1.807, 2.05) is 36.4 Å². The van der Waals surface area contributed by atoms with Gasteiger partial charge in [0, 0.05) is 49.4 Å². The summed E-state index contributed by atoms with van der Waals surface area (Å²) >= 11 is 4.83. The van der Waals surface area contributed by atoms with E-state index in [9.17, 15) is 4.79 Å². The van der Waals surface area contributed by atoms with Crippen LogP contribution in [0.25, 0.3) is 17.1 Å². The number of imidazole rings is 1. The van der Waals surface area contributed by atoms with Crippen LogP contribution in [0.5, 0.6) is 0 Å². The molecule has 8 heteroatoms. The monoisotopic (exact) mass is 531 g/mol. The molecule has 0 bridgehead atoms. The van der Waals surface area contributed by atoms with Crippen LogP contribution >= 0.6 is 12.6 Å². The molecule has 0 N–H and O–H groups in total. The van der Waals surface area contributed by atoms with E-state index in [-0.39, 0.29) is 5.78 Å². The van der Waals surface area contributed by atoms with Crippen molar-refractivity contribution in [2.45, 2.75) is 26.9 Å². The van der Waals surface area contributed by atoms with Gasteiger partial charge in [-0.1, -0.05) is 24.3 Å². The molecule has 0 unspecified atom stereocenters. The lowest BCUT2D eigenvalue weighted by molar-refractivity contribution is -0.675. The lowest BCUT2D eigenvalue weighted by Gasteiger charge is -2.27. The van der Waals surface area contributed by atoms with E-state index in [4.69, 9.17) is 22.1 Å². The van der Waals surface area contributed by atoms with Crippen LogP contribution in [0.15, 0.2) is 76.5 Å². The number of nitrogens with zero attached hydrogens (tertiary/aromatic N) is 4. The molecule has 0 amide bonds. The second kappa shape index (κ2) is 11.2. The van der Waals surface area contributed by atoms with E-state index in [1.165, 1.54) is 0 Å². The van der Waals surface area contributed by atoms with Gasteiger partial charge in [0.25, 0.3) is 5.82 Å². The third-order valence-corrected chi connectivity index (χ3v) is 7.73. The first-order chi connectivity index (χ1) is 18.5. The summed E-state index contributed by atoms with van der Waals surface area (Å²) in [6.45, 7) is 8.36. The molecule has 1 aliphatic heterocycles. The van der Waals surface area contributed by atoms with E-state index in [0.29, 0.717) is 42.4 Å². The average molecular weight is 532 g/mol. The first-order valence-electron chi connectivity index (χ1n) is 13.1. The van der Waals surface area contributed by atoms with Crippen molar-refractivity contribution in [2.75, 3.05) is 50.3 Å². The van der Waals surface area contributed by atoms with Crippen molar-refractivity contribution in [1.29, 1.82) is 0 Å². The predicted octanol–water partition coefficient (Wildman–Crippen LogP) is 4.58. The first-order valence-corrected chi connectivity index (χ1v) is 13.5. The summed E-state index contributed by atoms with van der Waals surface area (Å²) in [6, 6.07) is 16.6. The highest BCUT2D eigenvalue weighted by Gasteiger charge is 2.36. The largest absolute Gasteiger partial charge is 0.383 e. The molecule has 2 aliphatic rings. The summed E-state index contributed by atoms with van der Waals surface area (Å²) in [5.41, 5.74) is 5.76. The van der Waals surface area contributed by atoms with E-state index in [2.05, 4.69) is 57.0 Å². The van der Waals surface area contributed by atoms with Crippen LogP contribution in [0, 0.1) is 0 Å². The van der Waals surface area contributed by atoms with Crippen molar-refractivity contribution in [3.8, 4) is 0 Å². The number of methoxy groups -OCH3 is 2. The number of aromatic nitrogens is 2. The second-order valence-corrected chi connectivity index (χ2v) is 9.71. The van der Waals surface area contributed by atoms with Gasteiger partial charge in [-0.3, -0.25) is 4.79 Å². The number of Topliss-reactive ketones (excluding diaryl/α,β-unsaturated/α-hetero) is 1. The van der Waals surface area contributed by atoms with Crippen LogP contribution in [0.1, 0.15) is 19.7 Å². The van der Waals surface area contributed by atoms with Crippen molar-refractivity contribution >= 4 is 46.9 Å². The molecule has 198 valence electrons. The molecular formula is C30H35N4O3S+. The maximum Gasteiger partial charge on any atom is 0.283 e. The number of ether oxygens (including phenoxy) is 2. The maximum atomic E-state index is 13.6. The standard InChI is InChI=1S/C30H34N4O3S/c1-5-31-23-11-7-9-13-25(23)33(15-17-36-3)27(31)19-21-29(35)22(30(21)38)20-28-32(6-2)24-12-8-10-14-26(24)34(28)16-18-37-4/h7-14,19-20H,5-6,15-18H2,1-4H3/p+1. The fourth-order valence-electron chi connectivity index (χ4n) is 5.41. The second-order valence-electron chi connectivity index (χ2n) is 9.26. The molecule has 0 saturated carbocycles. The van der Waals surface area contributed by atoms with Crippen LogP contribution in [0.4, 0.5) is 11.4 Å². The van der Waals surface area contributed by atoms with E-state index < -0.39 is 0 Å². The lowest BCUT2D eigenvalue weighted by atomic mass is 9.89. The Labute approximate surface area is 229 Å². The molecule has 0 radical (unpaired) electrons. The van der Waals surface area contributed by atoms with E-state index >= 15 is 0 Å². The van der Waals surface area contributed by atoms with Gasteiger partial charge in [0.15, 0.2) is 16.8 Å². The van der Waals surface area contributed by atoms with Gasteiger partial charge in [0.1, 0.15) is 12.4 Å². The highest BCUT2D eigenvalue weighted by Crippen LogP contribution is 2.43. The molecular weight excluding hydrogens is 496 g/mol. The van der Waals surface area contributed by atoms with Gasteiger partial charge in [-0.2, -0.15) is 0 Å². The molecule has 1 aromatic heterocycles. The highest BCUT2D eigenvalue weighted by molar-refractivity contribution is 7.85. The molecule has 2 heterocycles. The Bertz CT molecular complexity index is 1470. The Morgan fingerprint density at radius 1 is 0.895 bits per heavy atom. The molecule has 7 nitrogen and oxygen atoms in total. The van der Waals surface area contributed by atoms with Gasteiger partial charge in [-0.25, -0.2) is 9.13 Å². The molecule has 38 heavy (non-hydrogen) atoms. The summed E-state index contributed by atoms with van der Waals surface area (Å²) in [4.78, 5) is 18.7. The summed E-state index contributed by atoms with van der Waals surface area (Å²) < 4.78 is 15.2. The number of hydrogen-bond acceptors (Lipinski definition) is 6. The van der Waals surface area contributed by atoms with Crippen LogP contribution in [-0.4, -0.2) is 50.9 Å². The number of carbonyl (C=O) groups is 1. The normalized spacial score (nSPS) is 17.3. The third kappa shape index (κ3) is 4.36. The fourth-order valence-corrected chi connectivity index (χ4v) is 5.74. The Hall–Kier alpha value is -3.33. The molecule has 0 fully saturated rings. The Kier molecular flexibility index (Phi) is 7.74. The number of ketones is 1. The molecule has 1 aliphatic carbocycles. The van der Waals surface area contributed by atoms with Gasteiger partial charge < -0.3 is 19.3 Å². The van der Waals surface area contributed by atoms with Gasteiger partial charge >= 0.3 is 0 Å². The number of anilines is 2. The van der Waals surface area contributed by atoms with Crippen LogP contribution in [0.3, 0.4) is 0 Å².